The van der Waals surface area contributed by atoms with E-state index in [1.54, 1.807) is 0 Å². The van der Waals surface area contributed by atoms with Gasteiger partial charge < -0.3 is 0 Å². The maximum Gasteiger partial charge on any atom is 0.101 e. The fourth-order valence-electron chi connectivity index (χ4n) is 3.80. The quantitative estimate of drug-likeness (QED) is 0.329. The second kappa shape index (κ2) is 8.14. The van der Waals surface area contributed by atoms with Crippen LogP contribution in [0.2, 0.25) is 0 Å². The molecule has 0 unspecified atom stereocenters. The summed E-state index contributed by atoms with van der Waals surface area (Å²) < 4.78 is 0. The second-order valence-corrected chi connectivity index (χ2v) is 7.11. The zero-order chi connectivity index (χ0) is 20.2. The molecule has 1 aromatic heterocycles. The molecule has 0 amide bonds. The first kappa shape index (κ1) is 18.0. The van der Waals surface area contributed by atoms with Gasteiger partial charge in [0.15, 0.2) is 0 Å². The van der Waals surface area contributed by atoms with Crippen LogP contribution >= 0.6 is 0 Å². The van der Waals surface area contributed by atoms with Gasteiger partial charge in [0.1, 0.15) is 11.4 Å². The number of benzene rings is 4. The fourth-order valence-corrected chi connectivity index (χ4v) is 3.80. The van der Waals surface area contributed by atoms with Crippen LogP contribution < -0.4 is 0 Å². The summed E-state index contributed by atoms with van der Waals surface area (Å²) in [5.74, 6) is 0. The maximum absolute atomic E-state index is 4.74. The van der Waals surface area contributed by atoms with Crippen LogP contribution in [0.15, 0.2) is 121 Å². The van der Waals surface area contributed by atoms with Crippen molar-refractivity contribution < 1.29 is 0 Å². The summed E-state index contributed by atoms with van der Waals surface area (Å²) in [6, 6.07) is 41.5. The third-order valence-corrected chi connectivity index (χ3v) is 5.19. The van der Waals surface area contributed by atoms with E-state index < -0.39 is 0 Å². The van der Waals surface area contributed by atoms with E-state index in [-0.39, 0.29) is 0 Å². The fraction of sp³-hybridized carbons (Fsp3) is 0. The van der Waals surface area contributed by atoms with Gasteiger partial charge in [0, 0.05) is 22.3 Å². The summed E-state index contributed by atoms with van der Waals surface area (Å²) in [4.78, 5) is 0. The third-order valence-electron chi connectivity index (χ3n) is 5.19. The Kier molecular flexibility index (Phi) is 4.89. The highest BCUT2D eigenvalue weighted by molar-refractivity contribution is 5.98. The molecule has 0 aliphatic carbocycles. The van der Waals surface area contributed by atoms with Crippen LogP contribution in [0.25, 0.3) is 44.8 Å². The molecule has 5 aromatic rings. The van der Waals surface area contributed by atoms with E-state index >= 15 is 0 Å². The van der Waals surface area contributed by atoms with Gasteiger partial charge in [-0.05, 0) is 11.1 Å². The average Bonchev–Trinajstić information content (AvgIpc) is 2.85. The predicted octanol–water partition coefficient (Wildman–Crippen LogP) is 7.14. The number of hydrogen-bond donors (Lipinski definition) is 0. The SMILES string of the molecule is c1ccc(-c2nnc(-c3ccccc3)c(-c3ccccc3)c2-c2ccccc2)cc1. The summed E-state index contributed by atoms with van der Waals surface area (Å²) >= 11 is 0. The van der Waals surface area contributed by atoms with Crippen molar-refractivity contribution in [2.75, 3.05) is 0 Å². The van der Waals surface area contributed by atoms with E-state index in [0.717, 1.165) is 44.8 Å². The highest BCUT2D eigenvalue weighted by Crippen LogP contribution is 2.42. The van der Waals surface area contributed by atoms with E-state index in [0.29, 0.717) is 0 Å². The molecule has 142 valence electrons. The lowest BCUT2D eigenvalue weighted by atomic mass is 9.88. The molecule has 0 bridgehead atoms. The van der Waals surface area contributed by atoms with Gasteiger partial charge in [0.2, 0.25) is 0 Å². The molecule has 1 heterocycles. The van der Waals surface area contributed by atoms with E-state index in [9.17, 15) is 0 Å². The lowest BCUT2D eigenvalue weighted by Crippen LogP contribution is -2.00. The molecule has 0 atom stereocenters. The molecule has 4 aromatic carbocycles. The van der Waals surface area contributed by atoms with Crippen molar-refractivity contribution in [3.63, 3.8) is 0 Å². The van der Waals surface area contributed by atoms with Crippen molar-refractivity contribution in [1.82, 2.24) is 10.2 Å². The zero-order valence-electron chi connectivity index (χ0n) is 16.4. The Labute approximate surface area is 176 Å². The van der Waals surface area contributed by atoms with Crippen LogP contribution in [-0.4, -0.2) is 10.2 Å². The van der Waals surface area contributed by atoms with Gasteiger partial charge in [-0.25, -0.2) is 0 Å². The molecule has 30 heavy (non-hydrogen) atoms. The molecule has 0 N–H and O–H groups in total. The van der Waals surface area contributed by atoms with Crippen molar-refractivity contribution >= 4 is 0 Å². The number of nitrogens with zero attached hydrogens (tertiary/aromatic N) is 2. The minimum atomic E-state index is 0.889. The summed E-state index contributed by atoms with van der Waals surface area (Å²) in [5, 5.41) is 9.48. The van der Waals surface area contributed by atoms with Gasteiger partial charge in [0.05, 0.1) is 0 Å². The first-order valence-electron chi connectivity index (χ1n) is 10.0. The lowest BCUT2D eigenvalue weighted by molar-refractivity contribution is 1.05. The number of hydrogen-bond acceptors (Lipinski definition) is 2. The van der Waals surface area contributed by atoms with Crippen LogP contribution in [0, 0.1) is 0 Å². The van der Waals surface area contributed by atoms with Gasteiger partial charge in [-0.3, -0.25) is 0 Å². The van der Waals surface area contributed by atoms with Crippen LogP contribution in [0.5, 0.6) is 0 Å². The van der Waals surface area contributed by atoms with E-state index in [2.05, 4.69) is 72.8 Å². The molecular weight excluding hydrogens is 364 g/mol. The smallest absolute Gasteiger partial charge is 0.101 e. The standard InChI is InChI=1S/C28H20N2/c1-5-13-21(14-6-1)25-26(22-15-7-2-8-16-22)28(24-19-11-4-12-20-24)30-29-27(25)23-17-9-3-10-18-23/h1-20H. The molecule has 2 nitrogen and oxygen atoms in total. The molecule has 0 radical (unpaired) electrons. The van der Waals surface area contributed by atoms with E-state index in [1.165, 1.54) is 0 Å². The molecule has 0 aliphatic rings. The Balaban J connectivity index is 1.91. The monoisotopic (exact) mass is 384 g/mol. The Morgan fingerprint density at radius 3 is 0.867 bits per heavy atom. The lowest BCUT2D eigenvalue weighted by Gasteiger charge is -2.18. The maximum atomic E-state index is 4.74. The predicted molar refractivity (Wildman–Crippen MR) is 124 cm³/mol. The summed E-state index contributed by atoms with van der Waals surface area (Å²) in [7, 11) is 0. The minimum Gasteiger partial charge on any atom is -0.149 e. The Morgan fingerprint density at radius 1 is 0.300 bits per heavy atom. The van der Waals surface area contributed by atoms with E-state index in [4.69, 9.17) is 10.2 Å². The van der Waals surface area contributed by atoms with Gasteiger partial charge >= 0.3 is 0 Å². The molecule has 0 aliphatic heterocycles. The van der Waals surface area contributed by atoms with Gasteiger partial charge in [-0.15, -0.1) is 10.2 Å². The van der Waals surface area contributed by atoms with Gasteiger partial charge in [-0.1, -0.05) is 121 Å². The van der Waals surface area contributed by atoms with Gasteiger partial charge in [-0.2, -0.15) is 0 Å². The largest absolute Gasteiger partial charge is 0.149 e. The van der Waals surface area contributed by atoms with Crippen LogP contribution in [0.1, 0.15) is 0 Å². The van der Waals surface area contributed by atoms with E-state index in [1.807, 2.05) is 48.5 Å². The van der Waals surface area contributed by atoms with Crippen LogP contribution in [-0.2, 0) is 0 Å². The van der Waals surface area contributed by atoms with Crippen molar-refractivity contribution in [2.45, 2.75) is 0 Å². The van der Waals surface area contributed by atoms with Gasteiger partial charge in [0.25, 0.3) is 0 Å². The molecule has 0 saturated heterocycles. The molecule has 2 heteroatoms. The summed E-state index contributed by atoms with van der Waals surface area (Å²) in [6.07, 6.45) is 0. The van der Waals surface area contributed by atoms with Crippen molar-refractivity contribution in [3.8, 4) is 44.8 Å². The normalized spacial score (nSPS) is 10.7. The first-order valence-corrected chi connectivity index (χ1v) is 10.0. The Bertz CT molecular complexity index is 1150. The van der Waals surface area contributed by atoms with Crippen molar-refractivity contribution in [1.29, 1.82) is 0 Å². The first-order chi connectivity index (χ1) is 14.9. The molecular formula is C28H20N2. The second-order valence-electron chi connectivity index (χ2n) is 7.11. The topological polar surface area (TPSA) is 25.8 Å². The molecule has 0 saturated carbocycles. The highest BCUT2D eigenvalue weighted by Gasteiger charge is 2.21. The molecule has 5 rings (SSSR count). The third kappa shape index (κ3) is 3.40. The van der Waals surface area contributed by atoms with Crippen molar-refractivity contribution in [3.05, 3.63) is 121 Å². The summed E-state index contributed by atoms with van der Waals surface area (Å²) in [6.45, 7) is 0. The zero-order valence-corrected chi connectivity index (χ0v) is 16.4. The highest BCUT2D eigenvalue weighted by atomic mass is 15.1. The number of rotatable bonds is 4. The van der Waals surface area contributed by atoms with Crippen LogP contribution in [0.3, 0.4) is 0 Å². The number of aromatic nitrogens is 2. The minimum absolute atomic E-state index is 0.889. The molecule has 0 fully saturated rings. The van der Waals surface area contributed by atoms with Crippen LogP contribution in [0.4, 0.5) is 0 Å². The summed E-state index contributed by atoms with van der Waals surface area (Å²) in [5.41, 5.74) is 8.34. The average molecular weight is 384 g/mol. The Hall–Kier alpha value is -4.04. The Morgan fingerprint density at radius 2 is 0.567 bits per heavy atom. The molecule has 0 spiro atoms. The van der Waals surface area contributed by atoms with Crippen molar-refractivity contribution in [2.24, 2.45) is 0 Å².